The molecule has 0 saturated carbocycles. The van der Waals surface area contributed by atoms with E-state index in [1.807, 2.05) is 89.8 Å². The minimum atomic E-state index is -0.923. The summed E-state index contributed by atoms with van der Waals surface area (Å²) < 4.78 is 9.71. The highest BCUT2D eigenvalue weighted by Gasteiger charge is 2.41. The van der Waals surface area contributed by atoms with Gasteiger partial charge >= 0.3 is 12.2 Å². The molecule has 2 aromatic heterocycles. The van der Waals surface area contributed by atoms with Crippen LogP contribution in [0.3, 0.4) is 0 Å². The number of thiol groups is 1. The molecule has 330 valence electrons. The second-order valence-corrected chi connectivity index (χ2v) is 16.9. The first-order chi connectivity index (χ1) is 31.1. The summed E-state index contributed by atoms with van der Waals surface area (Å²) in [4.78, 5) is 72.8. The zero-order valence-electron chi connectivity index (χ0n) is 35.5. The Labute approximate surface area is 379 Å². The molecule has 2 aliphatic rings. The number of likely N-dealkylation sites (tertiary alicyclic amines) is 2. The van der Waals surface area contributed by atoms with Gasteiger partial charge < -0.3 is 39.9 Å². The molecular weight excluding hydrogens is 852 g/mol. The third-order valence-electron chi connectivity index (χ3n) is 11.8. The van der Waals surface area contributed by atoms with E-state index in [1.165, 1.54) is 14.2 Å². The van der Waals surface area contributed by atoms with Gasteiger partial charge in [-0.2, -0.15) is 0 Å². The van der Waals surface area contributed by atoms with Crippen LogP contribution in [0.2, 0.25) is 5.15 Å². The number of nitrogens with one attached hydrogen (secondary N) is 4. The van der Waals surface area contributed by atoms with Gasteiger partial charge in [0.05, 0.1) is 43.9 Å². The number of methoxy groups -OCH3 is 2. The quantitative estimate of drug-likeness (QED) is 0.0601. The number of amides is 4. The normalized spacial score (nSPS) is 18.3. The maximum Gasteiger partial charge on any atom is 0.407 e. The molecule has 0 aliphatic carbocycles. The fraction of sp³-hybridized carbons (Fsp3) is 0.271. The van der Waals surface area contributed by atoms with E-state index in [4.69, 9.17) is 26.1 Å². The predicted octanol–water partition coefficient (Wildman–Crippen LogP) is 8.43. The highest BCUT2D eigenvalue weighted by molar-refractivity contribution is 7.96. The van der Waals surface area contributed by atoms with Crippen LogP contribution in [0.15, 0.2) is 115 Å². The van der Waals surface area contributed by atoms with E-state index in [1.54, 1.807) is 23.2 Å². The van der Waals surface area contributed by atoms with Gasteiger partial charge in [-0.25, -0.2) is 30.9 Å². The fourth-order valence-electron chi connectivity index (χ4n) is 8.60. The molecule has 4 aromatic carbocycles. The Kier molecular flexibility index (Phi) is 13.6. The molecule has 2 fully saturated rings. The lowest BCUT2D eigenvalue weighted by Gasteiger charge is -2.28. The highest BCUT2D eigenvalue weighted by atomic mass is 35.5. The molecule has 0 bridgehead atoms. The van der Waals surface area contributed by atoms with Gasteiger partial charge in [0.1, 0.15) is 23.7 Å². The molecule has 2 aliphatic heterocycles. The summed E-state index contributed by atoms with van der Waals surface area (Å²) in [6, 6.07) is 31.9. The molecule has 4 amide bonds. The van der Waals surface area contributed by atoms with Crippen molar-refractivity contribution in [3.63, 3.8) is 0 Å². The SMILES string of the molecule is COC(=O)N[C@H](C(=O)N1CC(/C=[SH]\C)C[C@@H]1c1ncc(-c2ccc(-c3ccc(-c4[nH]c([C@@H]5CCCN5C(=O)[C@@H](NC(=O)OC)c5ccccc5)nc4Cl)cc3)cc2)[nH]1)c1ccccc1. The van der Waals surface area contributed by atoms with Crippen molar-refractivity contribution in [1.29, 1.82) is 0 Å². The number of carbonyl (C=O) groups is 4. The number of nitrogens with zero attached hydrogens (tertiary/aromatic N) is 4. The third kappa shape index (κ3) is 9.45. The van der Waals surface area contributed by atoms with Gasteiger partial charge in [-0.1, -0.05) is 126 Å². The fourth-order valence-corrected chi connectivity index (χ4v) is 9.48. The molecule has 0 spiro atoms. The van der Waals surface area contributed by atoms with Gasteiger partial charge in [0.15, 0.2) is 5.15 Å². The molecule has 4 heterocycles. The Hall–Kier alpha value is -6.71. The van der Waals surface area contributed by atoms with Gasteiger partial charge in [0.2, 0.25) is 0 Å². The molecule has 16 heteroatoms. The molecule has 2 saturated heterocycles. The van der Waals surface area contributed by atoms with Crippen LogP contribution in [-0.2, 0) is 19.1 Å². The standard InChI is InChI=1S/C48H49ClN8O6S/c1-62-47(60)53-40(33-11-6-4-7-12-33)45(58)56-24-10-15-37(56)44-52-39(42(49)55-44)35-22-18-31(19-23-35)30-16-20-32(21-17-30)36-26-50-43(51-36)38-25-29(28-64-3)27-57(38)46(59)41(54-48(61)63-2)34-13-8-5-9-14-34/h4-9,11-14,16-23,26,28-29,37-38,40-41,64H,10,15,24-25,27H2,1-3H3,(H,50,51)(H,52,55)(H,53,60)(H,54,61)/t29?,37-,38+,40-,41-/m0/s1. The number of carbonyl (C=O) groups excluding carboxylic acids is 4. The maximum atomic E-state index is 14.2. The Morgan fingerprint density at radius 3 is 1.84 bits per heavy atom. The van der Waals surface area contributed by atoms with Gasteiger partial charge in [-0.3, -0.25) is 9.59 Å². The topological polar surface area (TPSA) is 175 Å². The second-order valence-electron chi connectivity index (χ2n) is 15.7. The Morgan fingerprint density at radius 2 is 1.28 bits per heavy atom. The maximum absolute atomic E-state index is 14.2. The van der Waals surface area contributed by atoms with Crippen LogP contribution in [0.5, 0.6) is 0 Å². The smallest absolute Gasteiger partial charge is 0.407 e. The van der Waals surface area contributed by atoms with Crippen LogP contribution in [0.4, 0.5) is 9.59 Å². The number of imidazole rings is 2. The molecule has 8 rings (SSSR count). The Balaban J connectivity index is 0.964. The summed E-state index contributed by atoms with van der Waals surface area (Å²) in [5.41, 5.74) is 6.57. The van der Waals surface area contributed by atoms with E-state index in [-0.39, 0.29) is 29.8 Å². The average molecular weight is 901 g/mol. The zero-order chi connectivity index (χ0) is 44.7. The Bertz CT molecular complexity index is 2620. The van der Waals surface area contributed by atoms with Crippen molar-refractivity contribution in [3.8, 4) is 33.6 Å². The lowest BCUT2D eigenvalue weighted by molar-refractivity contribution is -0.135. The number of benzene rings is 4. The molecule has 1 unspecified atom stereocenters. The average Bonchev–Trinajstić information content (AvgIpc) is 4.17. The number of aromatic amines is 2. The lowest BCUT2D eigenvalue weighted by atomic mass is 10.0. The highest BCUT2D eigenvalue weighted by Crippen LogP contribution is 2.39. The first-order valence-corrected chi connectivity index (χ1v) is 22.8. The summed E-state index contributed by atoms with van der Waals surface area (Å²) in [7, 11) is 2.55. The van der Waals surface area contributed by atoms with Crippen LogP contribution in [-0.4, -0.2) is 92.7 Å². The molecule has 5 atom stereocenters. The minimum Gasteiger partial charge on any atom is -0.453 e. The van der Waals surface area contributed by atoms with Crippen LogP contribution < -0.4 is 10.6 Å². The van der Waals surface area contributed by atoms with Crippen molar-refractivity contribution in [2.75, 3.05) is 33.6 Å². The largest absolute Gasteiger partial charge is 0.453 e. The number of aromatic nitrogens is 4. The number of hydrogen-bond donors (Lipinski definition) is 5. The minimum absolute atomic E-state index is 0.158. The van der Waals surface area contributed by atoms with Crippen LogP contribution in [0, 0.1) is 5.92 Å². The van der Waals surface area contributed by atoms with E-state index >= 15 is 0 Å². The molecule has 6 aromatic rings. The first-order valence-electron chi connectivity index (χ1n) is 21.0. The van der Waals surface area contributed by atoms with Crippen molar-refractivity contribution in [2.45, 2.75) is 43.4 Å². The molecule has 64 heavy (non-hydrogen) atoms. The molecule has 4 N–H and O–H groups in total. The van der Waals surface area contributed by atoms with Gasteiger partial charge in [0, 0.05) is 24.6 Å². The van der Waals surface area contributed by atoms with E-state index in [0.717, 1.165) is 45.7 Å². The van der Waals surface area contributed by atoms with Crippen molar-refractivity contribution >= 4 is 52.3 Å². The monoisotopic (exact) mass is 900 g/mol. The van der Waals surface area contributed by atoms with Crippen molar-refractivity contribution in [3.05, 3.63) is 143 Å². The predicted molar refractivity (Wildman–Crippen MR) is 249 cm³/mol. The summed E-state index contributed by atoms with van der Waals surface area (Å²) >= 11 is 7.87. The summed E-state index contributed by atoms with van der Waals surface area (Å²) in [5.74, 6) is 0.925. The Morgan fingerprint density at radius 1 is 0.734 bits per heavy atom. The first kappa shape index (κ1) is 43.9. The second kappa shape index (κ2) is 19.8. The number of rotatable bonds is 12. The van der Waals surface area contributed by atoms with Crippen LogP contribution >= 0.6 is 23.0 Å². The van der Waals surface area contributed by atoms with E-state index < -0.39 is 24.3 Å². The number of halogens is 1. The van der Waals surface area contributed by atoms with Crippen LogP contribution in [0.25, 0.3) is 33.6 Å². The van der Waals surface area contributed by atoms with E-state index in [0.29, 0.717) is 59.6 Å². The zero-order valence-corrected chi connectivity index (χ0v) is 37.2. The van der Waals surface area contributed by atoms with Crippen molar-refractivity contribution in [1.82, 2.24) is 40.4 Å². The number of ether oxygens (including phenoxy) is 2. The summed E-state index contributed by atoms with van der Waals surface area (Å²) in [6.45, 7) is 1.00. The third-order valence-corrected chi connectivity index (χ3v) is 12.8. The molecule has 0 radical (unpaired) electrons. The van der Waals surface area contributed by atoms with Gasteiger partial charge in [0.25, 0.3) is 11.8 Å². The van der Waals surface area contributed by atoms with Crippen molar-refractivity contribution in [2.24, 2.45) is 5.92 Å². The van der Waals surface area contributed by atoms with Crippen LogP contribution in [0.1, 0.15) is 66.2 Å². The van der Waals surface area contributed by atoms with Gasteiger partial charge in [-0.15, -0.1) is 0 Å². The van der Waals surface area contributed by atoms with E-state index in [2.05, 4.69) is 49.3 Å². The summed E-state index contributed by atoms with van der Waals surface area (Å²) in [5, 5.41) is 7.94. The lowest BCUT2D eigenvalue weighted by Crippen LogP contribution is -2.43. The number of H-pyrrole nitrogens is 2. The number of hydrogen-bond acceptors (Lipinski definition) is 8. The van der Waals surface area contributed by atoms with E-state index in [9.17, 15) is 19.2 Å². The molecular formula is C48H49ClN8O6S. The number of alkyl carbamates (subject to hydrolysis) is 2. The van der Waals surface area contributed by atoms with Crippen molar-refractivity contribution < 1.29 is 28.7 Å². The summed E-state index contributed by atoms with van der Waals surface area (Å²) in [6.07, 6.45) is 4.63. The van der Waals surface area contributed by atoms with Gasteiger partial charge in [-0.05, 0) is 53.3 Å². The molecule has 14 nitrogen and oxygen atoms in total.